The number of amides is 1. The lowest BCUT2D eigenvalue weighted by molar-refractivity contribution is -0.117. The number of hydrogen-bond acceptors (Lipinski definition) is 3. The molecule has 0 saturated carbocycles. The highest BCUT2D eigenvalue weighted by Crippen LogP contribution is 2.17. The topological polar surface area (TPSA) is 81.8 Å². The summed E-state index contributed by atoms with van der Waals surface area (Å²) in [6.07, 6.45) is 8.99. The minimum atomic E-state index is -0.383. The van der Waals surface area contributed by atoms with Gasteiger partial charge in [0.2, 0.25) is 0 Å². The van der Waals surface area contributed by atoms with Crippen molar-refractivity contribution in [1.82, 2.24) is 10.3 Å². The predicted octanol–water partition coefficient (Wildman–Crippen LogP) is 3.58. The first-order valence-electron chi connectivity index (χ1n) is 7.93. The minimum Gasteiger partial charge on any atom is -0.465 e. The van der Waals surface area contributed by atoms with Crippen LogP contribution < -0.4 is 5.32 Å². The van der Waals surface area contributed by atoms with Crippen LogP contribution in [0.2, 0.25) is 0 Å². The smallest absolute Gasteiger partial charge is 0.261 e. The van der Waals surface area contributed by atoms with Crippen molar-refractivity contribution >= 4 is 22.9 Å². The third-order valence-electron chi connectivity index (χ3n) is 3.79. The molecule has 3 aromatic rings. The molecule has 2 aromatic heterocycles. The highest BCUT2D eigenvalue weighted by atomic mass is 16.3. The molecule has 1 aromatic carbocycles. The maximum absolute atomic E-state index is 12.1. The van der Waals surface area contributed by atoms with Gasteiger partial charge in [-0.1, -0.05) is 24.3 Å². The van der Waals surface area contributed by atoms with E-state index in [-0.39, 0.29) is 11.5 Å². The van der Waals surface area contributed by atoms with E-state index >= 15 is 0 Å². The van der Waals surface area contributed by atoms with Gasteiger partial charge in [-0.3, -0.25) is 4.79 Å². The molecule has 0 unspecified atom stereocenters. The van der Waals surface area contributed by atoms with Gasteiger partial charge in [0.05, 0.1) is 6.26 Å². The number of aromatic amines is 1. The lowest BCUT2D eigenvalue weighted by atomic mass is 10.1. The fourth-order valence-corrected chi connectivity index (χ4v) is 2.53. The lowest BCUT2D eigenvalue weighted by Gasteiger charge is -2.03. The number of fused-ring (bicyclic) bond motifs is 1. The molecule has 0 aliphatic rings. The van der Waals surface area contributed by atoms with Crippen molar-refractivity contribution in [2.24, 2.45) is 0 Å². The average molecular weight is 331 g/mol. The van der Waals surface area contributed by atoms with Crippen molar-refractivity contribution in [1.29, 1.82) is 5.26 Å². The van der Waals surface area contributed by atoms with E-state index in [0.29, 0.717) is 18.7 Å². The first-order chi connectivity index (χ1) is 12.3. The minimum absolute atomic E-state index is 0.0572. The molecule has 124 valence electrons. The van der Waals surface area contributed by atoms with Crippen LogP contribution in [0.4, 0.5) is 0 Å². The van der Waals surface area contributed by atoms with E-state index in [0.717, 1.165) is 16.5 Å². The second-order valence-electron chi connectivity index (χ2n) is 5.43. The monoisotopic (exact) mass is 331 g/mol. The second-order valence-corrected chi connectivity index (χ2v) is 5.43. The van der Waals surface area contributed by atoms with Gasteiger partial charge in [0.1, 0.15) is 17.4 Å². The second kappa shape index (κ2) is 7.84. The van der Waals surface area contributed by atoms with Gasteiger partial charge in [-0.15, -0.1) is 0 Å². The van der Waals surface area contributed by atoms with E-state index in [4.69, 9.17) is 9.68 Å². The summed E-state index contributed by atoms with van der Waals surface area (Å²) in [7, 11) is 0. The number of carbonyl (C=O) groups is 1. The number of rotatable bonds is 6. The standard InChI is InChI=1S/C20H17N3O2/c21-13-15(5-3-6-17-7-4-12-25-17)20(24)22-11-10-16-14-23-19-9-2-1-8-18(16)19/h1-9,12,14,23H,10-11H2,(H,22,24)/b6-3+,15-5+. The number of nitriles is 1. The number of benzene rings is 1. The lowest BCUT2D eigenvalue weighted by Crippen LogP contribution is -2.26. The van der Waals surface area contributed by atoms with Crippen molar-refractivity contribution in [2.45, 2.75) is 6.42 Å². The first kappa shape index (κ1) is 16.3. The molecular formula is C20H17N3O2. The van der Waals surface area contributed by atoms with Crippen molar-refractivity contribution in [3.8, 4) is 6.07 Å². The summed E-state index contributed by atoms with van der Waals surface area (Å²) in [5.41, 5.74) is 2.27. The summed E-state index contributed by atoms with van der Waals surface area (Å²) >= 11 is 0. The number of allylic oxidation sites excluding steroid dienone is 2. The molecule has 0 saturated heterocycles. The molecule has 0 atom stereocenters. The zero-order valence-electron chi connectivity index (χ0n) is 13.5. The van der Waals surface area contributed by atoms with E-state index in [1.54, 1.807) is 30.5 Å². The molecule has 2 N–H and O–H groups in total. The molecule has 5 nitrogen and oxygen atoms in total. The highest BCUT2D eigenvalue weighted by molar-refractivity contribution is 5.97. The number of aromatic nitrogens is 1. The Labute approximate surface area is 145 Å². The van der Waals surface area contributed by atoms with E-state index in [9.17, 15) is 4.79 Å². The van der Waals surface area contributed by atoms with Crippen LogP contribution in [0.25, 0.3) is 17.0 Å². The van der Waals surface area contributed by atoms with Crippen molar-refractivity contribution < 1.29 is 9.21 Å². The van der Waals surface area contributed by atoms with Gasteiger partial charge in [-0.2, -0.15) is 5.26 Å². The number of para-hydroxylation sites is 1. The van der Waals surface area contributed by atoms with Gasteiger partial charge in [0.25, 0.3) is 5.91 Å². The average Bonchev–Trinajstić information content (AvgIpc) is 3.29. The predicted molar refractivity (Wildman–Crippen MR) is 96.5 cm³/mol. The molecule has 25 heavy (non-hydrogen) atoms. The van der Waals surface area contributed by atoms with Crippen LogP contribution in [0.5, 0.6) is 0 Å². The van der Waals surface area contributed by atoms with Crippen molar-refractivity contribution in [2.75, 3.05) is 6.54 Å². The summed E-state index contributed by atoms with van der Waals surface area (Å²) in [4.78, 5) is 15.3. The quantitative estimate of drug-likeness (QED) is 0.411. The number of furan rings is 1. The SMILES string of the molecule is N#C/C(=C\C=C\c1ccco1)C(=O)NCCc1c[nH]c2ccccc12. The number of carbonyl (C=O) groups excluding carboxylic acids is 1. The van der Waals surface area contributed by atoms with E-state index in [1.807, 2.05) is 36.5 Å². The van der Waals surface area contributed by atoms with E-state index < -0.39 is 0 Å². The molecule has 3 rings (SSSR count). The van der Waals surface area contributed by atoms with Gasteiger partial charge >= 0.3 is 0 Å². The Morgan fingerprint density at radius 1 is 1.28 bits per heavy atom. The largest absolute Gasteiger partial charge is 0.465 e. The van der Waals surface area contributed by atoms with Gasteiger partial charge in [-0.05, 0) is 42.3 Å². The Bertz CT molecular complexity index is 956. The number of nitrogens with zero attached hydrogens (tertiary/aromatic N) is 1. The number of nitrogens with one attached hydrogen (secondary N) is 2. The van der Waals surface area contributed by atoms with Crippen LogP contribution in [-0.2, 0) is 11.2 Å². The Hall–Kier alpha value is -3.52. The van der Waals surface area contributed by atoms with Crippen molar-refractivity contribution in [3.05, 3.63) is 77.9 Å². The summed E-state index contributed by atoms with van der Waals surface area (Å²) in [5.74, 6) is 0.278. The third-order valence-corrected chi connectivity index (χ3v) is 3.79. The molecule has 2 heterocycles. The molecule has 0 radical (unpaired) electrons. The van der Waals surface area contributed by atoms with Gasteiger partial charge in [0.15, 0.2) is 0 Å². The van der Waals surface area contributed by atoms with E-state index in [1.165, 1.54) is 6.08 Å². The maximum atomic E-state index is 12.1. The third kappa shape index (κ3) is 4.06. The molecule has 0 spiro atoms. The number of hydrogen-bond donors (Lipinski definition) is 2. The molecule has 0 aliphatic heterocycles. The van der Waals surface area contributed by atoms with Crippen LogP contribution in [0, 0.1) is 11.3 Å². The van der Waals surface area contributed by atoms with Gasteiger partial charge in [0, 0.05) is 23.6 Å². The van der Waals surface area contributed by atoms with Crippen LogP contribution in [0.1, 0.15) is 11.3 Å². The molecule has 0 aliphatic carbocycles. The van der Waals surface area contributed by atoms with Crippen LogP contribution in [-0.4, -0.2) is 17.4 Å². The molecule has 1 amide bonds. The maximum Gasteiger partial charge on any atom is 0.261 e. The van der Waals surface area contributed by atoms with Gasteiger partial charge in [-0.25, -0.2) is 0 Å². The zero-order chi connectivity index (χ0) is 17.5. The summed E-state index contributed by atoms with van der Waals surface area (Å²) in [6.45, 7) is 0.460. The Morgan fingerprint density at radius 3 is 2.96 bits per heavy atom. The fraction of sp³-hybridized carbons (Fsp3) is 0.100. The fourth-order valence-electron chi connectivity index (χ4n) is 2.53. The Kier molecular flexibility index (Phi) is 5.13. The molecule has 0 bridgehead atoms. The van der Waals surface area contributed by atoms with Gasteiger partial charge < -0.3 is 14.7 Å². The number of H-pyrrole nitrogens is 1. The Morgan fingerprint density at radius 2 is 2.16 bits per heavy atom. The molecule has 5 heteroatoms. The Balaban J connectivity index is 1.56. The van der Waals surface area contributed by atoms with Crippen LogP contribution in [0.15, 0.2) is 71.0 Å². The van der Waals surface area contributed by atoms with Crippen LogP contribution >= 0.6 is 0 Å². The highest BCUT2D eigenvalue weighted by Gasteiger charge is 2.08. The first-order valence-corrected chi connectivity index (χ1v) is 7.93. The normalized spacial score (nSPS) is 11.7. The summed E-state index contributed by atoms with van der Waals surface area (Å²) in [5, 5.41) is 13.1. The summed E-state index contributed by atoms with van der Waals surface area (Å²) < 4.78 is 5.15. The summed E-state index contributed by atoms with van der Waals surface area (Å²) in [6, 6.07) is 13.5. The van der Waals surface area contributed by atoms with E-state index in [2.05, 4.69) is 10.3 Å². The van der Waals surface area contributed by atoms with Crippen molar-refractivity contribution in [3.63, 3.8) is 0 Å². The zero-order valence-corrected chi connectivity index (χ0v) is 13.5. The molecule has 0 fully saturated rings. The van der Waals surface area contributed by atoms with Crippen LogP contribution in [0.3, 0.4) is 0 Å². The molecular weight excluding hydrogens is 314 g/mol.